The van der Waals surface area contributed by atoms with Crippen molar-refractivity contribution in [3.63, 3.8) is 0 Å². The summed E-state index contributed by atoms with van der Waals surface area (Å²) in [5, 5.41) is 18.2. The van der Waals surface area contributed by atoms with E-state index in [1.54, 1.807) is 6.92 Å². The summed E-state index contributed by atoms with van der Waals surface area (Å²) >= 11 is 0. The molecular weight excluding hydrogens is 128 g/mol. The standard InChI is InChI=1S/C8H14O2/c1-4-6(3)8(10)7(9)5-2/h4,7-10H,1,3,5H2,2H3. The Labute approximate surface area is 61.5 Å². The summed E-state index contributed by atoms with van der Waals surface area (Å²) in [5.74, 6) is 0. The van der Waals surface area contributed by atoms with E-state index in [4.69, 9.17) is 10.2 Å². The lowest BCUT2D eigenvalue weighted by Crippen LogP contribution is -2.25. The third-order valence-corrected chi connectivity index (χ3v) is 1.42. The summed E-state index contributed by atoms with van der Waals surface area (Å²) in [4.78, 5) is 0. The van der Waals surface area contributed by atoms with Gasteiger partial charge in [0.2, 0.25) is 0 Å². The van der Waals surface area contributed by atoms with Crippen LogP contribution in [0.3, 0.4) is 0 Å². The van der Waals surface area contributed by atoms with Gasteiger partial charge < -0.3 is 10.2 Å². The summed E-state index contributed by atoms with van der Waals surface area (Å²) in [6, 6.07) is 0. The normalized spacial score (nSPS) is 15.9. The molecule has 0 aromatic heterocycles. The van der Waals surface area contributed by atoms with Gasteiger partial charge in [0.15, 0.2) is 0 Å². The molecule has 58 valence electrons. The monoisotopic (exact) mass is 142 g/mol. The highest BCUT2D eigenvalue weighted by Crippen LogP contribution is 2.07. The van der Waals surface area contributed by atoms with Gasteiger partial charge in [-0.25, -0.2) is 0 Å². The summed E-state index contributed by atoms with van der Waals surface area (Å²) in [5.41, 5.74) is 0.467. The van der Waals surface area contributed by atoms with E-state index >= 15 is 0 Å². The molecule has 0 rings (SSSR count). The zero-order chi connectivity index (χ0) is 8.15. The van der Waals surface area contributed by atoms with Crippen LogP contribution in [-0.4, -0.2) is 22.4 Å². The molecule has 0 aliphatic carbocycles. The van der Waals surface area contributed by atoms with Crippen molar-refractivity contribution < 1.29 is 10.2 Å². The Morgan fingerprint density at radius 1 is 1.60 bits per heavy atom. The van der Waals surface area contributed by atoms with Crippen LogP contribution in [0.1, 0.15) is 13.3 Å². The average Bonchev–Trinajstić information content (AvgIpc) is 2.00. The Morgan fingerprint density at radius 2 is 2.10 bits per heavy atom. The van der Waals surface area contributed by atoms with Crippen LogP contribution in [0.25, 0.3) is 0 Å². The second kappa shape index (κ2) is 4.25. The minimum absolute atomic E-state index is 0.467. The molecule has 0 saturated carbocycles. The van der Waals surface area contributed by atoms with Crippen LogP contribution in [0, 0.1) is 0 Å². The first-order valence-electron chi connectivity index (χ1n) is 3.30. The number of aliphatic hydroxyl groups is 2. The van der Waals surface area contributed by atoms with Gasteiger partial charge in [0.1, 0.15) is 6.10 Å². The third kappa shape index (κ3) is 2.33. The topological polar surface area (TPSA) is 40.5 Å². The molecule has 0 heterocycles. The average molecular weight is 142 g/mol. The molecule has 2 unspecified atom stereocenters. The lowest BCUT2D eigenvalue weighted by Gasteiger charge is -2.15. The van der Waals surface area contributed by atoms with Crippen molar-refractivity contribution in [2.75, 3.05) is 0 Å². The minimum Gasteiger partial charge on any atom is -0.390 e. The van der Waals surface area contributed by atoms with E-state index in [9.17, 15) is 0 Å². The highest BCUT2D eigenvalue weighted by molar-refractivity contribution is 5.17. The highest BCUT2D eigenvalue weighted by Gasteiger charge is 2.14. The maximum absolute atomic E-state index is 9.17. The van der Waals surface area contributed by atoms with Gasteiger partial charge in [0.05, 0.1) is 6.10 Å². The Kier molecular flexibility index (Phi) is 4.00. The first kappa shape index (κ1) is 9.40. The molecule has 0 saturated heterocycles. The molecule has 0 radical (unpaired) electrons. The fourth-order valence-corrected chi connectivity index (χ4v) is 0.591. The van der Waals surface area contributed by atoms with E-state index in [1.165, 1.54) is 6.08 Å². The molecule has 0 aliphatic rings. The Morgan fingerprint density at radius 3 is 2.40 bits per heavy atom. The fourth-order valence-electron chi connectivity index (χ4n) is 0.591. The molecular formula is C8H14O2. The smallest absolute Gasteiger partial charge is 0.104 e. The van der Waals surface area contributed by atoms with Crippen molar-refractivity contribution in [1.29, 1.82) is 0 Å². The quantitative estimate of drug-likeness (QED) is 0.571. The van der Waals surface area contributed by atoms with Crippen molar-refractivity contribution >= 4 is 0 Å². The van der Waals surface area contributed by atoms with E-state index in [0.717, 1.165) is 0 Å². The second-order valence-electron chi connectivity index (χ2n) is 2.20. The molecule has 2 heteroatoms. The molecule has 10 heavy (non-hydrogen) atoms. The molecule has 2 atom stereocenters. The largest absolute Gasteiger partial charge is 0.390 e. The van der Waals surface area contributed by atoms with Gasteiger partial charge in [0.25, 0.3) is 0 Å². The second-order valence-corrected chi connectivity index (χ2v) is 2.20. The molecule has 0 fully saturated rings. The first-order chi connectivity index (χ1) is 4.63. The number of rotatable bonds is 4. The lowest BCUT2D eigenvalue weighted by molar-refractivity contribution is 0.0420. The van der Waals surface area contributed by atoms with E-state index in [0.29, 0.717) is 12.0 Å². The van der Waals surface area contributed by atoms with Gasteiger partial charge in [-0.15, -0.1) is 0 Å². The molecule has 2 nitrogen and oxygen atoms in total. The van der Waals surface area contributed by atoms with Gasteiger partial charge in [-0.3, -0.25) is 0 Å². The summed E-state index contributed by atoms with van der Waals surface area (Å²) in [7, 11) is 0. The van der Waals surface area contributed by atoms with Gasteiger partial charge in [-0.2, -0.15) is 0 Å². The van der Waals surface area contributed by atoms with E-state index in [1.807, 2.05) is 0 Å². The molecule has 0 amide bonds. The van der Waals surface area contributed by atoms with Crippen LogP contribution in [-0.2, 0) is 0 Å². The van der Waals surface area contributed by atoms with Gasteiger partial charge >= 0.3 is 0 Å². The molecule has 0 spiro atoms. The molecule has 2 N–H and O–H groups in total. The van der Waals surface area contributed by atoms with Crippen LogP contribution < -0.4 is 0 Å². The van der Waals surface area contributed by atoms with E-state index in [2.05, 4.69) is 13.2 Å². The highest BCUT2D eigenvalue weighted by atomic mass is 16.3. The predicted octanol–water partition coefficient (Wildman–Crippen LogP) is 0.860. The van der Waals surface area contributed by atoms with Crippen LogP contribution in [0.2, 0.25) is 0 Å². The van der Waals surface area contributed by atoms with Gasteiger partial charge in [-0.05, 0) is 12.0 Å². The van der Waals surface area contributed by atoms with Crippen molar-refractivity contribution in [1.82, 2.24) is 0 Å². The molecule has 0 aromatic rings. The molecule has 0 aliphatic heterocycles. The Balaban J connectivity index is 3.93. The number of aliphatic hydroxyl groups excluding tert-OH is 2. The van der Waals surface area contributed by atoms with Crippen molar-refractivity contribution in [2.24, 2.45) is 0 Å². The zero-order valence-corrected chi connectivity index (χ0v) is 6.25. The maximum atomic E-state index is 9.17. The van der Waals surface area contributed by atoms with Crippen molar-refractivity contribution in [2.45, 2.75) is 25.6 Å². The van der Waals surface area contributed by atoms with Crippen LogP contribution in [0.15, 0.2) is 24.8 Å². The van der Waals surface area contributed by atoms with Gasteiger partial charge in [0, 0.05) is 0 Å². The predicted molar refractivity (Wildman–Crippen MR) is 41.6 cm³/mol. The zero-order valence-electron chi connectivity index (χ0n) is 6.25. The van der Waals surface area contributed by atoms with Crippen LogP contribution in [0.5, 0.6) is 0 Å². The number of hydrogen-bond acceptors (Lipinski definition) is 2. The maximum Gasteiger partial charge on any atom is 0.104 e. The lowest BCUT2D eigenvalue weighted by atomic mass is 10.0. The SMILES string of the molecule is C=CC(=C)C(O)C(O)CC. The van der Waals surface area contributed by atoms with E-state index < -0.39 is 12.2 Å². The minimum atomic E-state index is -0.859. The van der Waals surface area contributed by atoms with Crippen LogP contribution >= 0.6 is 0 Å². The van der Waals surface area contributed by atoms with E-state index in [-0.39, 0.29) is 0 Å². The fraction of sp³-hybridized carbons (Fsp3) is 0.500. The third-order valence-electron chi connectivity index (χ3n) is 1.42. The van der Waals surface area contributed by atoms with Crippen molar-refractivity contribution in [3.8, 4) is 0 Å². The number of hydrogen-bond donors (Lipinski definition) is 2. The van der Waals surface area contributed by atoms with Crippen molar-refractivity contribution in [3.05, 3.63) is 24.8 Å². The molecule has 0 bridgehead atoms. The summed E-state index contributed by atoms with van der Waals surface area (Å²) in [6.07, 6.45) is 0.394. The summed E-state index contributed by atoms with van der Waals surface area (Å²) < 4.78 is 0. The molecule has 0 aromatic carbocycles. The first-order valence-corrected chi connectivity index (χ1v) is 3.30. The Bertz CT molecular complexity index is 129. The Hall–Kier alpha value is -0.600. The van der Waals surface area contributed by atoms with Crippen LogP contribution in [0.4, 0.5) is 0 Å². The van der Waals surface area contributed by atoms with Gasteiger partial charge in [-0.1, -0.05) is 26.2 Å². The summed E-state index contributed by atoms with van der Waals surface area (Å²) in [6.45, 7) is 8.74.